The fourth-order valence-electron chi connectivity index (χ4n) is 3.10. The predicted molar refractivity (Wildman–Crippen MR) is 99.7 cm³/mol. The monoisotopic (exact) mass is 343 g/mol. The van der Waals surface area contributed by atoms with Crippen LogP contribution in [-0.2, 0) is 0 Å². The second-order valence-electron chi connectivity index (χ2n) is 7.50. The van der Waals surface area contributed by atoms with E-state index >= 15 is 0 Å². The van der Waals surface area contributed by atoms with Crippen LogP contribution in [0.1, 0.15) is 61.3 Å². The molecule has 0 saturated heterocycles. The zero-order valence-corrected chi connectivity index (χ0v) is 15.8. The van der Waals surface area contributed by atoms with Crippen molar-refractivity contribution in [2.75, 3.05) is 13.2 Å². The van der Waals surface area contributed by atoms with Gasteiger partial charge in [-0.25, -0.2) is 0 Å². The SMILES string of the molecule is Cc1c(C(=O)NCC(c2ccccc2)C(C)(C)CO)cnn1C(C)C. The molecule has 0 bridgehead atoms. The molecular weight excluding hydrogens is 314 g/mol. The minimum atomic E-state index is -0.341. The van der Waals surface area contributed by atoms with E-state index in [9.17, 15) is 9.90 Å². The molecular formula is C20H29N3O2. The van der Waals surface area contributed by atoms with Gasteiger partial charge < -0.3 is 10.4 Å². The van der Waals surface area contributed by atoms with Crippen LogP contribution in [0.4, 0.5) is 0 Å². The lowest BCUT2D eigenvalue weighted by Crippen LogP contribution is -2.37. The molecule has 2 rings (SSSR count). The van der Waals surface area contributed by atoms with Crippen molar-refractivity contribution in [2.45, 2.75) is 46.6 Å². The summed E-state index contributed by atoms with van der Waals surface area (Å²) in [7, 11) is 0. The lowest BCUT2D eigenvalue weighted by Gasteiger charge is -2.33. The largest absolute Gasteiger partial charge is 0.396 e. The van der Waals surface area contributed by atoms with Crippen LogP contribution in [0.15, 0.2) is 36.5 Å². The first-order valence-corrected chi connectivity index (χ1v) is 8.76. The molecule has 1 atom stereocenters. The van der Waals surface area contributed by atoms with E-state index < -0.39 is 0 Å². The highest BCUT2D eigenvalue weighted by Crippen LogP contribution is 2.34. The van der Waals surface area contributed by atoms with E-state index in [1.807, 2.05) is 69.6 Å². The van der Waals surface area contributed by atoms with E-state index in [1.54, 1.807) is 6.20 Å². The Kier molecular flexibility index (Phi) is 6.01. The third-order valence-electron chi connectivity index (χ3n) is 4.80. The maximum absolute atomic E-state index is 12.6. The molecule has 5 nitrogen and oxygen atoms in total. The second kappa shape index (κ2) is 7.83. The number of aliphatic hydroxyl groups is 1. The number of aliphatic hydroxyl groups excluding tert-OH is 1. The van der Waals surface area contributed by atoms with Gasteiger partial charge in [0.25, 0.3) is 5.91 Å². The first-order chi connectivity index (χ1) is 11.8. The van der Waals surface area contributed by atoms with Crippen molar-refractivity contribution in [2.24, 2.45) is 5.41 Å². The number of nitrogens with one attached hydrogen (secondary N) is 1. The summed E-state index contributed by atoms with van der Waals surface area (Å²) < 4.78 is 1.85. The number of carbonyl (C=O) groups is 1. The highest BCUT2D eigenvalue weighted by Gasteiger charge is 2.31. The fourth-order valence-corrected chi connectivity index (χ4v) is 3.10. The third-order valence-corrected chi connectivity index (χ3v) is 4.80. The average molecular weight is 343 g/mol. The van der Waals surface area contributed by atoms with E-state index in [0.717, 1.165) is 11.3 Å². The Labute approximate surface area is 150 Å². The zero-order chi connectivity index (χ0) is 18.6. The number of nitrogens with zero attached hydrogens (tertiary/aromatic N) is 2. The molecule has 25 heavy (non-hydrogen) atoms. The van der Waals surface area contributed by atoms with Crippen molar-refractivity contribution >= 4 is 5.91 Å². The van der Waals surface area contributed by atoms with Crippen molar-refractivity contribution in [3.63, 3.8) is 0 Å². The molecule has 0 aliphatic carbocycles. The highest BCUT2D eigenvalue weighted by molar-refractivity contribution is 5.95. The Hall–Kier alpha value is -2.14. The van der Waals surface area contributed by atoms with Gasteiger partial charge >= 0.3 is 0 Å². The number of hydrogen-bond acceptors (Lipinski definition) is 3. The Morgan fingerprint density at radius 1 is 1.28 bits per heavy atom. The number of hydrogen-bond donors (Lipinski definition) is 2. The molecule has 1 heterocycles. The predicted octanol–water partition coefficient (Wildman–Crippen LogP) is 3.30. The Bertz CT molecular complexity index is 705. The van der Waals surface area contributed by atoms with Crippen molar-refractivity contribution < 1.29 is 9.90 Å². The number of carbonyl (C=O) groups excluding carboxylic acids is 1. The lowest BCUT2D eigenvalue weighted by atomic mass is 9.75. The number of aromatic nitrogens is 2. The van der Waals surface area contributed by atoms with E-state index in [-0.39, 0.29) is 29.9 Å². The summed E-state index contributed by atoms with van der Waals surface area (Å²) in [5.41, 5.74) is 2.23. The molecule has 136 valence electrons. The maximum Gasteiger partial charge on any atom is 0.254 e. The Morgan fingerprint density at radius 3 is 2.44 bits per heavy atom. The standard InChI is InChI=1S/C20H29N3O2/c1-14(2)23-15(3)17(11-22-23)19(25)21-12-18(20(4,5)13-24)16-9-7-6-8-10-16/h6-11,14,18,24H,12-13H2,1-5H3,(H,21,25). The van der Waals surface area contributed by atoms with Gasteiger partial charge in [-0.2, -0.15) is 5.10 Å². The Morgan fingerprint density at radius 2 is 1.92 bits per heavy atom. The van der Waals surface area contributed by atoms with Crippen LogP contribution in [0.5, 0.6) is 0 Å². The van der Waals surface area contributed by atoms with E-state index in [4.69, 9.17) is 0 Å². The van der Waals surface area contributed by atoms with Gasteiger partial charge in [-0.15, -0.1) is 0 Å². The van der Waals surface area contributed by atoms with Gasteiger partial charge in [-0.1, -0.05) is 44.2 Å². The minimum Gasteiger partial charge on any atom is -0.396 e. The van der Waals surface area contributed by atoms with Gasteiger partial charge in [-0.05, 0) is 31.7 Å². The highest BCUT2D eigenvalue weighted by atomic mass is 16.3. The van der Waals surface area contributed by atoms with Crippen molar-refractivity contribution in [3.05, 3.63) is 53.3 Å². The van der Waals surface area contributed by atoms with Crippen LogP contribution in [0.3, 0.4) is 0 Å². The summed E-state index contributed by atoms with van der Waals surface area (Å²) in [5, 5.41) is 17.1. The van der Waals surface area contributed by atoms with Crippen LogP contribution < -0.4 is 5.32 Å². The average Bonchev–Trinajstić information content (AvgIpc) is 2.97. The van der Waals surface area contributed by atoms with Gasteiger partial charge in [0, 0.05) is 30.8 Å². The molecule has 1 unspecified atom stereocenters. The summed E-state index contributed by atoms with van der Waals surface area (Å²) >= 11 is 0. The quantitative estimate of drug-likeness (QED) is 0.810. The van der Waals surface area contributed by atoms with Crippen LogP contribution in [0.25, 0.3) is 0 Å². The van der Waals surface area contributed by atoms with Crippen LogP contribution in [0.2, 0.25) is 0 Å². The molecule has 0 saturated carbocycles. The van der Waals surface area contributed by atoms with Crippen LogP contribution in [0, 0.1) is 12.3 Å². The normalized spacial score (nSPS) is 13.1. The third kappa shape index (κ3) is 4.28. The summed E-state index contributed by atoms with van der Waals surface area (Å²) in [4.78, 5) is 12.6. The molecule has 0 spiro atoms. The number of rotatable bonds is 7. The lowest BCUT2D eigenvalue weighted by molar-refractivity contribution is 0.0919. The maximum atomic E-state index is 12.6. The fraction of sp³-hybridized carbons (Fsp3) is 0.500. The molecule has 0 radical (unpaired) electrons. The molecule has 1 aromatic carbocycles. The summed E-state index contributed by atoms with van der Waals surface area (Å²) in [6.07, 6.45) is 1.62. The van der Waals surface area contributed by atoms with Crippen molar-refractivity contribution in [1.29, 1.82) is 0 Å². The first-order valence-electron chi connectivity index (χ1n) is 8.76. The molecule has 5 heteroatoms. The van der Waals surface area contributed by atoms with Crippen LogP contribution >= 0.6 is 0 Å². The molecule has 0 fully saturated rings. The second-order valence-corrected chi connectivity index (χ2v) is 7.50. The van der Waals surface area contributed by atoms with Gasteiger partial charge in [0.2, 0.25) is 0 Å². The number of amides is 1. The number of benzene rings is 1. The minimum absolute atomic E-state index is 0.0168. The Balaban J connectivity index is 2.17. The molecule has 1 aromatic heterocycles. The smallest absolute Gasteiger partial charge is 0.254 e. The first kappa shape index (κ1) is 19.2. The van der Waals surface area contributed by atoms with Gasteiger partial charge in [0.05, 0.1) is 11.8 Å². The summed E-state index contributed by atoms with van der Waals surface area (Å²) in [6, 6.07) is 10.2. The van der Waals surface area contributed by atoms with E-state index in [2.05, 4.69) is 10.4 Å². The van der Waals surface area contributed by atoms with Gasteiger partial charge in [0.1, 0.15) is 0 Å². The molecule has 0 aliphatic heterocycles. The van der Waals surface area contributed by atoms with Gasteiger partial charge in [-0.3, -0.25) is 9.48 Å². The van der Waals surface area contributed by atoms with Crippen molar-refractivity contribution in [1.82, 2.24) is 15.1 Å². The summed E-state index contributed by atoms with van der Waals surface area (Å²) in [5.74, 6) is -0.109. The molecule has 2 aromatic rings. The van der Waals surface area contributed by atoms with E-state index in [1.165, 1.54) is 0 Å². The van der Waals surface area contributed by atoms with Crippen molar-refractivity contribution in [3.8, 4) is 0 Å². The summed E-state index contributed by atoms with van der Waals surface area (Å²) in [6.45, 7) is 10.5. The molecule has 2 N–H and O–H groups in total. The van der Waals surface area contributed by atoms with Gasteiger partial charge in [0.15, 0.2) is 0 Å². The molecule has 0 aliphatic rings. The molecule has 1 amide bonds. The zero-order valence-electron chi connectivity index (χ0n) is 15.8. The van der Waals surface area contributed by atoms with E-state index in [0.29, 0.717) is 12.1 Å². The topological polar surface area (TPSA) is 67.2 Å². The van der Waals surface area contributed by atoms with Crippen LogP contribution in [-0.4, -0.2) is 33.9 Å².